The van der Waals surface area contributed by atoms with Crippen LogP contribution in [0, 0.1) is 5.92 Å². The molecule has 0 amide bonds. The maximum Gasteiger partial charge on any atom is 0.371 e. The lowest BCUT2D eigenvalue weighted by Gasteiger charge is -2.42. The molecule has 5 aromatic carbocycles. The summed E-state index contributed by atoms with van der Waals surface area (Å²) in [5, 5.41) is 42.3. The molecular formula is C55H53NO14. The lowest BCUT2D eigenvalue weighted by molar-refractivity contribution is -0.158. The van der Waals surface area contributed by atoms with E-state index < -0.39 is 63.5 Å². The van der Waals surface area contributed by atoms with Gasteiger partial charge in [-0.3, -0.25) is 14.4 Å². The van der Waals surface area contributed by atoms with E-state index in [4.69, 9.17) is 23.0 Å². The number of ether oxygens (including phenoxy) is 3. The van der Waals surface area contributed by atoms with Crippen molar-refractivity contribution in [1.29, 1.82) is 0 Å². The Hall–Kier alpha value is -7.59. The van der Waals surface area contributed by atoms with Crippen LogP contribution in [0.1, 0.15) is 89.0 Å². The first kappa shape index (κ1) is 48.9. The molecule has 1 aliphatic heterocycles. The van der Waals surface area contributed by atoms with Crippen LogP contribution in [-0.2, 0) is 20.5 Å². The average Bonchev–Trinajstić information content (AvgIpc) is 3.37. The Morgan fingerprint density at radius 2 is 1.16 bits per heavy atom. The number of nitrogens with zero attached hydrogens (tertiary/aromatic N) is 1. The molecule has 362 valence electrons. The standard InChI is InChI=1S/C55H53NO14/c1-54(2,35-23-21-34(22-24-35)40(57)16-11-27-56-28-25-38(26-29-56)55(65,36-12-5-3-6-13-36)37-14-7-4-8-15-37)53(64)68-39(32-66-43-17-9-19-45-49(43)41(58)30-47(69-45)51(60)61)33-67-44-18-10-20-46-50(44)42(59)31-48(70-46)52(62)63/h3-10,12-15,17-24,30-31,38-40,57,65H,11,16,25-29,32-33H2,1-2H3,(H,60,61)(H,62,63). The van der Waals surface area contributed by atoms with Crippen molar-refractivity contribution in [1.82, 2.24) is 4.90 Å². The Morgan fingerprint density at radius 3 is 1.63 bits per heavy atom. The van der Waals surface area contributed by atoms with Crippen LogP contribution in [0.5, 0.6) is 11.5 Å². The highest BCUT2D eigenvalue weighted by atomic mass is 16.6. The van der Waals surface area contributed by atoms with Crippen LogP contribution < -0.4 is 20.3 Å². The molecule has 15 heteroatoms. The van der Waals surface area contributed by atoms with E-state index >= 15 is 0 Å². The second kappa shape index (κ2) is 21.0. The van der Waals surface area contributed by atoms with Gasteiger partial charge in [0.05, 0.1) is 11.5 Å². The number of aliphatic hydroxyl groups excluding tert-OH is 1. The van der Waals surface area contributed by atoms with E-state index in [0.717, 1.165) is 62.2 Å². The zero-order valence-corrected chi connectivity index (χ0v) is 38.6. The van der Waals surface area contributed by atoms with Crippen molar-refractivity contribution in [2.24, 2.45) is 5.92 Å². The van der Waals surface area contributed by atoms with E-state index in [0.29, 0.717) is 17.5 Å². The molecule has 0 spiro atoms. The molecule has 7 aromatic rings. The predicted molar refractivity (Wildman–Crippen MR) is 258 cm³/mol. The number of likely N-dealkylation sites (tertiary alicyclic amines) is 1. The Balaban J connectivity index is 0.915. The van der Waals surface area contributed by atoms with E-state index in [9.17, 15) is 44.4 Å². The van der Waals surface area contributed by atoms with E-state index in [-0.39, 0.29) is 52.6 Å². The van der Waals surface area contributed by atoms with Gasteiger partial charge in [-0.1, -0.05) is 97.1 Å². The number of carboxylic acid groups (broad SMARTS) is 2. The van der Waals surface area contributed by atoms with Crippen molar-refractivity contribution in [2.75, 3.05) is 32.8 Å². The maximum atomic E-state index is 14.1. The third-order valence-corrected chi connectivity index (χ3v) is 13.1. The number of esters is 1. The number of hydrogen-bond donors (Lipinski definition) is 4. The number of rotatable bonds is 19. The van der Waals surface area contributed by atoms with Gasteiger partial charge in [0.2, 0.25) is 11.5 Å². The third kappa shape index (κ3) is 10.5. The van der Waals surface area contributed by atoms with Crippen LogP contribution in [0.15, 0.2) is 152 Å². The summed E-state index contributed by atoms with van der Waals surface area (Å²) >= 11 is 0. The minimum Gasteiger partial charge on any atom is -0.489 e. The second-order valence-corrected chi connectivity index (χ2v) is 18.0. The third-order valence-electron chi connectivity index (χ3n) is 13.1. The van der Waals surface area contributed by atoms with Crippen molar-refractivity contribution in [3.63, 3.8) is 0 Å². The summed E-state index contributed by atoms with van der Waals surface area (Å²) in [6.07, 6.45) is 0.980. The van der Waals surface area contributed by atoms with E-state index in [1.165, 1.54) is 36.4 Å². The van der Waals surface area contributed by atoms with Gasteiger partial charge in [-0.25, -0.2) is 9.59 Å². The average molecular weight is 952 g/mol. The molecule has 15 nitrogen and oxygen atoms in total. The van der Waals surface area contributed by atoms with E-state index in [1.807, 2.05) is 60.7 Å². The van der Waals surface area contributed by atoms with Gasteiger partial charge < -0.3 is 48.4 Å². The molecule has 4 N–H and O–H groups in total. The summed E-state index contributed by atoms with van der Waals surface area (Å²) in [5.41, 5.74) is -0.725. The Bertz CT molecular complexity index is 2950. The molecule has 1 atom stereocenters. The van der Waals surface area contributed by atoms with Crippen LogP contribution in [-0.4, -0.2) is 82.2 Å². The number of carbonyl (C=O) groups excluding carboxylic acids is 1. The lowest BCUT2D eigenvalue weighted by atomic mass is 9.72. The molecule has 0 saturated carbocycles. The van der Waals surface area contributed by atoms with Crippen molar-refractivity contribution in [2.45, 2.75) is 62.8 Å². The molecular weight excluding hydrogens is 899 g/mol. The summed E-state index contributed by atoms with van der Waals surface area (Å²) in [5.74, 6) is -4.58. The highest BCUT2D eigenvalue weighted by Crippen LogP contribution is 2.42. The summed E-state index contributed by atoms with van der Waals surface area (Å²) in [4.78, 5) is 65.7. The van der Waals surface area contributed by atoms with Crippen molar-refractivity contribution >= 4 is 39.8 Å². The topological polar surface area (TPSA) is 223 Å². The largest absolute Gasteiger partial charge is 0.489 e. The summed E-state index contributed by atoms with van der Waals surface area (Å²) in [6, 6.07) is 37.2. The maximum absolute atomic E-state index is 14.1. The van der Waals surface area contributed by atoms with E-state index in [2.05, 4.69) is 4.90 Å². The van der Waals surface area contributed by atoms with Crippen LogP contribution in [0.2, 0.25) is 0 Å². The predicted octanol–water partition coefficient (Wildman–Crippen LogP) is 8.10. The number of aliphatic hydroxyl groups is 2. The van der Waals surface area contributed by atoms with Crippen molar-refractivity contribution < 1.29 is 57.9 Å². The van der Waals surface area contributed by atoms with Crippen molar-refractivity contribution in [3.05, 3.63) is 188 Å². The summed E-state index contributed by atoms with van der Waals surface area (Å²) in [7, 11) is 0. The first-order valence-electron chi connectivity index (χ1n) is 23.0. The quantitative estimate of drug-likeness (QED) is 0.0562. The first-order valence-corrected chi connectivity index (χ1v) is 23.0. The van der Waals surface area contributed by atoms with Gasteiger partial charge in [0.25, 0.3) is 0 Å². The van der Waals surface area contributed by atoms with Gasteiger partial charge in [0, 0.05) is 12.1 Å². The zero-order chi connectivity index (χ0) is 49.6. The molecule has 1 fully saturated rings. The number of benzene rings is 5. The number of carboxylic acids is 2. The first-order chi connectivity index (χ1) is 33.6. The Morgan fingerprint density at radius 1 is 0.671 bits per heavy atom. The van der Waals surface area contributed by atoms with Crippen LogP contribution in [0.3, 0.4) is 0 Å². The molecule has 1 saturated heterocycles. The SMILES string of the molecule is CC(C)(C(=O)OC(COc1cccc2oc(C(=O)O)cc(=O)c12)COc1cccc2oc(C(=O)O)cc(=O)c12)c1ccc(C(O)CCCN2CCC(C(O)(c3ccccc3)c3ccccc3)CC2)cc1. The lowest BCUT2D eigenvalue weighted by Crippen LogP contribution is -2.44. The van der Waals surface area contributed by atoms with Gasteiger partial charge in [-0.05, 0) is 112 Å². The number of aromatic carboxylic acids is 2. The van der Waals surface area contributed by atoms with Gasteiger partial charge in [0.15, 0.2) is 17.0 Å². The minimum absolute atomic E-state index is 0.0182. The molecule has 0 bridgehead atoms. The fourth-order valence-electron chi connectivity index (χ4n) is 9.10. The van der Waals surface area contributed by atoms with Crippen molar-refractivity contribution in [3.8, 4) is 11.5 Å². The second-order valence-electron chi connectivity index (χ2n) is 18.0. The van der Waals surface area contributed by atoms with Gasteiger partial charge >= 0.3 is 17.9 Å². The Labute approximate surface area is 402 Å². The van der Waals surface area contributed by atoms with Crippen LogP contribution in [0.25, 0.3) is 21.9 Å². The Kier molecular flexibility index (Phi) is 14.6. The van der Waals surface area contributed by atoms with Gasteiger partial charge in [-0.2, -0.15) is 0 Å². The number of fused-ring (bicyclic) bond motifs is 2. The summed E-state index contributed by atoms with van der Waals surface area (Å²) in [6.45, 7) is 5.04. The number of piperidine rings is 1. The number of hydrogen-bond acceptors (Lipinski definition) is 13. The zero-order valence-electron chi connectivity index (χ0n) is 38.6. The van der Waals surface area contributed by atoms with Crippen LogP contribution in [0.4, 0.5) is 0 Å². The van der Waals surface area contributed by atoms with E-state index in [1.54, 1.807) is 38.1 Å². The van der Waals surface area contributed by atoms with Gasteiger partial charge in [-0.15, -0.1) is 0 Å². The normalized spacial score (nSPS) is 14.1. The highest BCUT2D eigenvalue weighted by molar-refractivity contribution is 5.90. The molecule has 70 heavy (non-hydrogen) atoms. The molecule has 8 rings (SSSR count). The fourth-order valence-corrected chi connectivity index (χ4v) is 9.10. The fraction of sp³-hybridized carbons (Fsp3) is 0.291. The molecule has 0 aliphatic carbocycles. The minimum atomic E-state index is -1.43. The molecule has 0 radical (unpaired) electrons. The monoisotopic (exact) mass is 951 g/mol. The molecule has 2 aromatic heterocycles. The highest BCUT2D eigenvalue weighted by Gasteiger charge is 2.41. The number of carbonyl (C=O) groups is 3. The molecule has 1 aliphatic rings. The molecule has 3 heterocycles. The summed E-state index contributed by atoms with van der Waals surface area (Å²) < 4.78 is 28.9. The molecule has 1 unspecified atom stereocenters. The smallest absolute Gasteiger partial charge is 0.371 e. The van der Waals surface area contributed by atoms with Gasteiger partial charge in [0.1, 0.15) is 52.3 Å². The van der Waals surface area contributed by atoms with Crippen LogP contribution >= 0.6 is 0 Å².